The normalized spacial score (nSPS) is 10.7. The van der Waals surface area contributed by atoms with Gasteiger partial charge in [-0.05, 0) is 24.3 Å². The molecule has 0 radical (unpaired) electrons. The van der Waals surface area contributed by atoms with Crippen molar-refractivity contribution in [2.75, 3.05) is 11.1 Å². The highest BCUT2D eigenvalue weighted by Crippen LogP contribution is 2.21. The van der Waals surface area contributed by atoms with E-state index in [1.807, 2.05) is 47.0 Å². The predicted molar refractivity (Wildman–Crippen MR) is 106 cm³/mol. The summed E-state index contributed by atoms with van der Waals surface area (Å²) in [6.45, 7) is 0.451. The molecule has 8 nitrogen and oxygen atoms in total. The van der Waals surface area contributed by atoms with Crippen LogP contribution in [0.3, 0.4) is 0 Å². The van der Waals surface area contributed by atoms with E-state index in [-0.39, 0.29) is 18.2 Å². The van der Waals surface area contributed by atoms with Gasteiger partial charge >= 0.3 is 0 Å². The minimum Gasteiger partial charge on any atom is -0.467 e. The number of furan rings is 1. The average molecular weight is 399 g/mol. The van der Waals surface area contributed by atoms with Gasteiger partial charge in [0.25, 0.3) is 0 Å². The van der Waals surface area contributed by atoms with Crippen molar-refractivity contribution in [1.82, 2.24) is 14.8 Å². The Morgan fingerprint density at radius 1 is 1.11 bits per heavy atom. The molecule has 3 rings (SSSR count). The zero-order valence-electron chi connectivity index (χ0n) is 15.2. The molecule has 2 amide bonds. The van der Waals surface area contributed by atoms with E-state index in [1.54, 1.807) is 6.26 Å². The van der Waals surface area contributed by atoms with E-state index in [4.69, 9.17) is 10.2 Å². The van der Waals surface area contributed by atoms with Crippen LogP contribution < -0.4 is 11.1 Å². The lowest BCUT2D eigenvalue weighted by atomic mass is 10.3. The lowest BCUT2D eigenvalue weighted by Gasteiger charge is -2.08. The van der Waals surface area contributed by atoms with Crippen LogP contribution in [0.4, 0.5) is 5.69 Å². The fourth-order valence-corrected chi connectivity index (χ4v) is 3.44. The topological polar surface area (TPSA) is 116 Å². The molecule has 0 saturated carbocycles. The quantitative estimate of drug-likeness (QED) is 0.506. The van der Waals surface area contributed by atoms with Crippen LogP contribution >= 0.6 is 11.8 Å². The molecule has 9 heteroatoms. The second-order valence-electron chi connectivity index (χ2n) is 6.04. The van der Waals surface area contributed by atoms with Gasteiger partial charge in [0.2, 0.25) is 11.8 Å². The van der Waals surface area contributed by atoms with Gasteiger partial charge < -0.3 is 15.5 Å². The third-order valence-corrected chi connectivity index (χ3v) is 4.87. The number of nitrogens with one attached hydrogen (secondary N) is 1. The zero-order valence-corrected chi connectivity index (χ0v) is 16.0. The van der Waals surface area contributed by atoms with Crippen molar-refractivity contribution in [1.29, 1.82) is 0 Å². The van der Waals surface area contributed by atoms with E-state index in [0.29, 0.717) is 36.1 Å². The summed E-state index contributed by atoms with van der Waals surface area (Å²) in [4.78, 5) is 23.2. The molecular weight excluding hydrogens is 378 g/mol. The summed E-state index contributed by atoms with van der Waals surface area (Å²) in [6, 6.07) is 13.0. The Morgan fingerprint density at radius 2 is 1.93 bits per heavy atom. The summed E-state index contributed by atoms with van der Waals surface area (Å²) in [5, 5.41) is 11.9. The van der Waals surface area contributed by atoms with Gasteiger partial charge in [-0.25, -0.2) is 0 Å². The van der Waals surface area contributed by atoms with Gasteiger partial charge in [-0.15, -0.1) is 10.2 Å². The highest BCUT2D eigenvalue weighted by molar-refractivity contribution is 7.99. The number of hydrogen-bond acceptors (Lipinski definition) is 6. The SMILES string of the molecule is NC(=O)CCc1nnc(SCCC(=O)Nc2ccccc2)n1Cc1ccco1. The minimum absolute atomic E-state index is 0.0650. The van der Waals surface area contributed by atoms with Crippen LogP contribution in [0.25, 0.3) is 0 Å². The van der Waals surface area contributed by atoms with Crippen molar-refractivity contribution in [3.63, 3.8) is 0 Å². The van der Waals surface area contributed by atoms with Crippen LogP contribution in [0, 0.1) is 0 Å². The summed E-state index contributed by atoms with van der Waals surface area (Å²) in [7, 11) is 0. The smallest absolute Gasteiger partial charge is 0.225 e. The van der Waals surface area contributed by atoms with Gasteiger partial charge in [-0.3, -0.25) is 14.2 Å². The fraction of sp³-hybridized carbons (Fsp3) is 0.263. The van der Waals surface area contributed by atoms with Crippen LogP contribution in [0.2, 0.25) is 0 Å². The van der Waals surface area contributed by atoms with Gasteiger partial charge in [0.15, 0.2) is 5.16 Å². The second-order valence-corrected chi connectivity index (χ2v) is 7.11. The first kappa shape index (κ1) is 19.7. The molecule has 0 aliphatic heterocycles. The van der Waals surface area contributed by atoms with Gasteiger partial charge in [0, 0.05) is 30.7 Å². The highest BCUT2D eigenvalue weighted by Gasteiger charge is 2.15. The monoisotopic (exact) mass is 399 g/mol. The molecule has 0 unspecified atom stereocenters. The molecule has 28 heavy (non-hydrogen) atoms. The summed E-state index contributed by atoms with van der Waals surface area (Å²) in [5.41, 5.74) is 6.02. The van der Waals surface area contributed by atoms with Crippen LogP contribution in [0.5, 0.6) is 0 Å². The molecule has 1 aromatic carbocycles. The summed E-state index contributed by atoms with van der Waals surface area (Å²) in [5.74, 6) is 1.50. The standard InChI is InChI=1S/C19H21N5O3S/c20-16(25)8-9-17-22-23-19(24(17)13-15-7-4-11-27-15)28-12-10-18(26)21-14-5-2-1-3-6-14/h1-7,11H,8-10,12-13H2,(H2,20,25)(H,21,26). The van der Waals surface area contributed by atoms with Crippen LogP contribution in [0.15, 0.2) is 58.3 Å². The molecule has 0 saturated heterocycles. The number of hydrogen-bond donors (Lipinski definition) is 2. The van der Waals surface area contributed by atoms with Crippen LogP contribution in [0.1, 0.15) is 24.4 Å². The van der Waals surface area contributed by atoms with Gasteiger partial charge in [-0.2, -0.15) is 0 Å². The van der Waals surface area contributed by atoms with Gasteiger partial charge in [0.05, 0.1) is 12.8 Å². The molecule has 0 aliphatic rings. The number of primary amides is 1. The molecule has 2 heterocycles. The van der Waals surface area contributed by atoms with Crippen LogP contribution in [-0.2, 0) is 22.6 Å². The number of rotatable bonds is 10. The maximum absolute atomic E-state index is 12.1. The number of carbonyl (C=O) groups is 2. The Kier molecular flexibility index (Phi) is 6.85. The highest BCUT2D eigenvalue weighted by atomic mass is 32.2. The molecule has 2 aromatic heterocycles. The van der Waals surface area contributed by atoms with E-state index >= 15 is 0 Å². The zero-order chi connectivity index (χ0) is 19.8. The first-order chi connectivity index (χ1) is 13.6. The maximum atomic E-state index is 12.1. The van der Waals surface area contributed by atoms with E-state index in [9.17, 15) is 9.59 Å². The molecule has 0 atom stereocenters. The number of para-hydroxylation sites is 1. The lowest BCUT2D eigenvalue weighted by molar-refractivity contribution is -0.118. The van der Waals surface area contributed by atoms with E-state index < -0.39 is 0 Å². The number of benzene rings is 1. The van der Waals surface area contributed by atoms with Crippen LogP contribution in [-0.4, -0.2) is 32.3 Å². The number of aromatic nitrogens is 3. The van der Waals surface area contributed by atoms with E-state index in [2.05, 4.69) is 15.5 Å². The Hall–Kier alpha value is -3.07. The van der Waals surface area contributed by atoms with Gasteiger partial charge in [-0.1, -0.05) is 30.0 Å². The third kappa shape index (κ3) is 5.71. The number of amides is 2. The van der Waals surface area contributed by atoms with E-state index in [0.717, 1.165) is 11.4 Å². The first-order valence-corrected chi connectivity index (χ1v) is 9.81. The minimum atomic E-state index is -0.390. The van der Waals surface area contributed by atoms with Crippen molar-refractivity contribution in [2.45, 2.75) is 31.0 Å². The van der Waals surface area contributed by atoms with E-state index in [1.165, 1.54) is 11.8 Å². The average Bonchev–Trinajstić information content (AvgIpc) is 3.32. The number of carbonyl (C=O) groups excluding carboxylic acids is 2. The Morgan fingerprint density at radius 3 is 2.64 bits per heavy atom. The Balaban J connectivity index is 1.60. The van der Waals surface area contributed by atoms with Gasteiger partial charge in [0.1, 0.15) is 11.6 Å². The second kappa shape index (κ2) is 9.75. The molecule has 146 valence electrons. The van der Waals surface area contributed by atoms with Crippen molar-refractivity contribution in [3.05, 3.63) is 60.3 Å². The number of nitrogens with two attached hydrogens (primary N) is 1. The molecule has 3 N–H and O–H groups in total. The molecule has 0 aliphatic carbocycles. The lowest BCUT2D eigenvalue weighted by Crippen LogP contribution is -2.14. The molecule has 0 fully saturated rings. The van der Waals surface area contributed by atoms with Crippen molar-refractivity contribution in [2.24, 2.45) is 5.73 Å². The van der Waals surface area contributed by atoms with Crippen molar-refractivity contribution in [3.8, 4) is 0 Å². The Labute approximate surface area is 166 Å². The van der Waals surface area contributed by atoms with Crippen molar-refractivity contribution >= 4 is 29.3 Å². The first-order valence-electron chi connectivity index (χ1n) is 8.82. The molecule has 3 aromatic rings. The summed E-state index contributed by atoms with van der Waals surface area (Å²) in [6.07, 6.45) is 2.53. The number of anilines is 1. The molecule has 0 spiro atoms. The number of thioether (sulfide) groups is 1. The maximum Gasteiger partial charge on any atom is 0.225 e. The molecular formula is C19H21N5O3S. The summed E-state index contributed by atoms with van der Waals surface area (Å²) >= 11 is 1.43. The third-order valence-electron chi connectivity index (χ3n) is 3.90. The number of nitrogens with zero attached hydrogens (tertiary/aromatic N) is 3. The largest absolute Gasteiger partial charge is 0.467 e. The fourth-order valence-electron chi connectivity index (χ4n) is 2.54. The summed E-state index contributed by atoms with van der Waals surface area (Å²) < 4.78 is 7.30. The number of aryl methyl sites for hydroxylation is 1. The Bertz CT molecular complexity index is 909. The van der Waals surface area contributed by atoms with Crippen molar-refractivity contribution < 1.29 is 14.0 Å². The predicted octanol–water partition coefficient (Wildman–Crippen LogP) is 2.46. The molecule has 0 bridgehead atoms.